The molecule has 0 fully saturated rings. The number of benzene rings is 2. The maximum atomic E-state index is 12.1. The summed E-state index contributed by atoms with van der Waals surface area (Å²) in [4.78, 5) is 25.3. The average Bonchev–Trinajstić information content (AvgIpc) is 2.53. The van der Waals surface area contributed by atoms with Crippen LogP contribution in [0.3, 0.4) is 0 Å². The van der Waals surface area contributed by atoms with Gasteiger partial charge >= 0.3 is 6.03 Å². The molecule has 0 atom stereocenters. The van der Waals surface area contributed by atoms with Crippen molar-refractivity contribution in [2.75, 3.05) is 24.2 Å². The molecule has 0 heterocycles. The van der Waals surface area contributed by atoms with E-state index >= 15 is 0 Å². The molecule has 8 heteroatoms. The van der Waals surface area contributed by atoms with Gasteiger partial charge in [0, 0.05) is 12.7 Å². The Morgan fingerprint density at radius 3 is 2.33 bits per heavy atom. The molecule has 0 bridgehead atoms. The molecule has 0 saturated carbocycles. The Labute approximate surface area is 154 Å². The number of nitrogens with one attached hydrogen (secondary N) is 2. The predicted molar refractivity (Wildman–Crippen MR) is 98.2 cm³/mol. The predicted octanol–water partition coefficient (Wildman–Crippen LogP) is 4.75. The topological polar surface area (TPSA) is 61.4 Å². The SMILES string of the molecule is CN(CC(=O)Nc1ccc(Cl)c(Cl)c1)C(=O)Nc1ccccc1Cl. The van der Waals surface area contributed by atoms with Crippen LogP contribution in [0.25, 0.3) is 0 Å². The molecular weight excluding hydrogens is 373 g/mol. The first-order chi connectivity index (χ1) is 11.4. The summed E-state index contributed by atoms with van der Waals surface area (Å²) in [6.45, 7) is -0.142. The van der Waals surface area contributed by atoms with E-state index in [0.717, 1.165) is 0 Å². The largest absolute Gasteiger partial charge is 0.324 e. The monoisotopic (exact) mass is 385 g/mol. The van der Waals surface area contributed by atoms with Crippen LogP contribution in [0, 0.1) is 0 Å². The summed E-state index contributed by atoms with van der Waals surface area (Å²) >= 11 is 17.7. The normalized spacial score (nSPS) is 10.2. The zero-order valence-electron chi connectivity index (χ0n) is 12.6. The minimum atomic E-state index is -0.451. The van der Waals surface area contributed by atoms with E-state index in [1.807, 2.05) is 0 Å². The van der Waals surface area contributed by atoms with E-state index < -0.39 is 6.03 Å². The molecule has 5 nitrogen and oxygen atoms in total. The second-order valence-corrected chi connectivity index (χ2v) is 6.16. The lowest BCUT2D eigenvalue weighted by molar-refractivity contribution is -0.116. The second kappa shape index (κ2) is 8.24. The molecule has 0 aliphatic heterocycles. The van der Waals surface area contributed by atoms with Gasteiger partial charge in [-0.25, -0.2) is 4.79 Å². The molecule has 0 spiro atoms. The molecular formula is C16H14Cl3N3O2. The first-order valence-corrected chi connectivity index (χ1v) is 8.02. The number of likely N-dealkylation sites (N-methyl/N-ethyl adjacent to an activating group) is 1. The van der Waals surface area contributed by atoms with E-state index in [2.05, 4.69) is 10.6 Å². The number of amides is 3. The summed E-state index contributed by atoms with van der Waals surface area (Å²) < 4.78 is 0. The minimum Gasteiger partial charge on any atom is -0.324 e. The number of urea groups is 1. The van der Waals surface area contributed by atoms with Crippen LogP contribution in [-0.4, -0.2) is 30.4 Å². The number of hydrogen-bond donors (Lipinski definition) is 2. The molecule has 0 aliphatic carbocycles. The van der Waals surface area contributed by atoms with Crippen molar-refractivity contribution in [3.05, 3.63) is 57.5 Å². The van der Waals surface area contributed by atoms with Gasteiger partial charge in [0.05, 0.1) is 20.8 Å². The maximum Gasteiger partial charge on any atom is 0.322 e. The van der Waals surface area contributed by atoms with E-state index in [-0.39, 0.29) is 12.5 Å². The molecule has 126 valence electrons. The van der Waals surface area contributed by atoms with Crippen LogP contribution in [0.5, 0.6) is 0 Å². The van der Waals surface area contributed by atoms with Crippen LogP contribution >= 0.6 is 34.8 Å². The highest BCUT2D eigenvalue weighted by Crippen LogP contribution is 2.25. The van der Waals surface area contributed by atoms with Gasteiger partial charge in [0.15, 0.2) is 0 Å². The van der Waals surface area contributed by atoms with Gasteiger partial charge < -0.3 is 15.5 Å². The lowest BCUT2D eigenvalue weighted by Crippen LogP contribution is -2.37. The number of hydrogen-bond acceptors (Lipinski definition) is 2. The number of nitrogens with zero attached hydrogens (tertiary/aromatic N) is 1. The lowest BCUT2D eigenvalue weighted by atomic mass is 10.3. The van der Waals surface area contributed by atoms with Crippen LogP contribution in [0.1, 0.15) is 0 Å². The summed E-state index contributed by atoms with van der Waals surface area (Å²) in [6, 6.07) is 11.1. The molecule has 0 aliphatic rings. The first kappa shape index (κ1) is 18.4. The summed E-state index contributed by atoms with van der Waals surface area (Å²) in [7, 11) is 1.50. The fourth-order valence-electron chi connectivity index (χ4n) is 1.83. The van der Waals surface area contributed by atoms with E-state index in [1.54, 1.807) is 36.4 Å². The minimum absolute atomic E-state index is 0.142. The van der Waals surface area contributed by atoms with Gasteiger partial charge in [0.1, 0.15) is 6.54 Å². The van der Waals surface area contributed by atoms with Crippen LogP contribution in [0.2, 0.25) is 15.1 Å². The summed E-state index contributed by atoms with van der Waals surface area (Å²) in [5.74, 6) is -0.370. The van der Waals surface area contributed by atoms with Crippen LogP contribution in [-0.2, 0) is 4.79 Å². The van der Waals surface area contributed by atoms with E-state index in [9.17, 15) is 9.59 Å². The Balaban J connectivity index is 1.92. The van der Waals surface area contributed by atoms with Crippen LogP contribution in [0.15, 0.2) is 42.5 Å². The number of anilines is 2. The Kier molecular flexibility index (Phi) is 6.31. The molecule has 2 aromatic carbocycles. The third-order valence-corrected chi connectivity index (χ3v) is 4.11. The Hall–Kier alpha value is -1.95. The van der Waals surface area contributed by atoms with Gasteiger partial charge in [-0.05, 0) is 30.3 Å². The molecule has 2 N–H and O–H groups in total. The van der Waals surface area contributed by atoms with E-state index in [4.69, 9.17) is 34.8 Å². The molecule has 0 unspecified atom stereocenters. The van der Waals surface area contributed by atoms with Gasteiger partial charge in [-0.1, -0.05) is 46.9 Å². The van der Waals surface area contributed by atoms with E-state index in [1.165, 1.54) is 18.0 Å². The summed E-state index contributed by atoms with van der Waals surface area (Å²) in [6.07, 6.45) is 0. The third kappa shape index (κ3) is 5.03. The Morgan fingerprint density at radius 2 is 1.67 bits per heavy atom. The van der Waals surface area contributed by atoms with Gasteiger partial charge in [0.2, 0.25) is 5.91 Å². The van der Waals surface area contributed by atoms with Gasteiger partial charge in [-0.3, -0.25) is 4.79 Å². The maximum absolute atomic E-state index is 12.1. The number of carbonyl (C=O) groups excluding carboxylic acids is 2. The van der Waals surface area contributed by atoms with Gasteiger partial charge in [0.25, 0.3) is 0 Å². The molecule has 0 saturated heterocycles. The zero-order chi connectivity index (χ0) is 17.7. The molecule has 2 rings (SSSR count). The van der Waals surface area contributed by atoms with Crippen molar-refractivity contribution in [1.82, 2.24) is 4.90 Å². The van der Waals surface area contributed by atoms with Crippen molar-refractivity contribution < 1.29 is 9.59 Å². The fourth-order valence-corrected chi connectivity index (χ4v) is 2.32. The van der Waals surface area contributed by atoms with E-state index in [0.29, 0.717) is 26.4 Å². The highest BCUT2D eigenvalue weighted by molar-refractivity contribution is 6.42. The highest BCUT2D eigenvalue weighted by Gasteiger charge is 2.14. The Morgan fingerprint density at radius 1 is 0.958 bits per heavy atom. The number of halogens is 3. The van der Waals surface area contributed by atoms with Gasteiger partial charge in [-0.15, -0.1) is 0 Å². The standard InChI is InChI=1S/C16H14Cl3N3O2/c1-22(16(24)21-14-5-3-2-4-12(14)18)9-15(23)20-10-6-7-11(17)13(19)8-10/h2-8H,9H2,1H3,(H,20,23)(H,21,24). The molecule has 24 heavy (non-hydrogen) atoms. The highest BCUT2D eigenvalue weighted by atomic mass is 35.5. The zero-order valence-corrected chi connectivity index (χ0v) is 14.9. The second-order valence-electron chi connectivity index (χ2n) is 4.94. The molecule has 2 aromatic rings. The third-order valence-electron chi connectivity index (χ3n) is 3.05. The van der Waals surface area contributed by atoms with Crippen molar-refractivity contribution >= 4 is 58.1 Å². The first-order valence-electron chi connectivity index (χ1n) is 6.88. The van der Waals surface area contributed by atoms with Crippen molar-refractivity contribution in [3.63, 3.8) is 0 Å². The molecule has 0 radical (unpaired) electrons. The molecule has 0 aromatic heterocycles. The number of rotatable bonds is 4. The van der Waals surface area contributed by atoms with Gasteiger partial charge in [-0.2, -0.15) is 0 Å². The fraction of sp³-hybridized carbons (Fsp3) is 0.125. The Bertz CT molecular complexity index is 768. The van der Waals surface area contributed by atoms with Crippen molar-refractivity contribution in [1.29, 1.82) is 0 Å². The van der Waals surface area contributed by atoms with Crippen molar-refractivity contribution in [2.45, 2.75) is 0 Å². The summed E-state index contributed by atoms with van der Waals surface area (Å²) in [5.41, 5.74) is 0.968. The molecule has 3 amide bonds. The van der Waals surface area contributed by atoms with Crippen molar-refractivity contribution in [2.24, 2.45) is 0 Å². The quantitative estimate of drug-likeness (QED) is 0.796. The van der Waals surface area contributed by atoms with Crippen molar-refractivity contribution in [3.8, 4) is 0 Å². The van der Waals surface area contributed by atoms with Crippen LogP contribution < -0.4 is 10.6 Å². The number of para-hydroxylation sites is 1. The average molecular weight is 387 g/mol. The number of carbonyl (C=O) groups is 2. The lowest BCUT2D eigenvalue weighted by Gasteiger charge is -2.18. The smallest absolute Gasteiger partial charge is 0.322 e. The van der Waals surface area contributed by atoms with Crippen LogP contribution in [0.4, 0.5) is 16.2 Å². The summed E-state index contributed by atoms with van der Waals surface area (Å²) in [5, 5.41) is 6.42.